The molecule has 0 N–H and O–H groups in total. The number of hydrogen-bond donors (Lipinski definition) is 0. The monoisotopic (exact) mass is 266 g/mol. The first-order valence-electron chi connectivity index (χ1n) is 2.98. The van der Waals surface area contributed by atoms with E-state index in [1.54, 1.807) is 18.2 Å². The summed E-state index contributed by atoms with van der Waals surface area (Å²) in [5.74, 6) is -0.800. The lowest BCUT2D eigenvalue weighted by Gasteiger charge is -1.94. The van der Waals surface area contributed by atoms with Crippen LogP contribution in [0.4, 0.5) is 8.78 Å². The van der Waals surface area contributed by atoms with Crippen molar-refractivity contribution in [1.29, 1.82) is 0 Å². The van der Waals surface area contributed by atoms with Gasteiger partial charge in [-0.25, -0.2) is 4.39 Å². The molecule has 0 bridgehead atoms. The normalized spacial score (nSPS) is 12.6. The molecule has 0 atom stereocenters. The zero-order valence-electron chi connectivity index (χ0n) is 5.52. The van der Waals surface area contributed by atoms with E-state index in [2.05, 4.69) is 0 Å². The van der Waals surface area contributed by atoms with Crippen molar-refractivity contribution < 1.29 is 8.78 Å². The lowest BCUT2D eigenvalue weighted by Crippen LogP contribution is -1.75. The van der Waals surface area contributed by atoms with Gasteiger partial charge in [-0.2, -0.15) is 4.39 Å². The molecule has 3 heteroatoms. The summed E-state index contributed by atoms with van der Waals surface area (Å²) in [5, 5.41) is 0. The van der Waals surface area contributed by atoms with Gasteiger partial charge in [-0.15, -0.1) is 0 Å². The Kier molecular flexibility index (Phi) is 2.99. The molecule has 0 amide bonds. The highest BCUT2D eigenvalue weighted by Crippen LogP contribution is 2.24. The van der Waals surface area contributed by atoms with Crippen LogP contribution in [0.5, 0.6) is 0 Å². The minimum atomic E-state index is -0.811. The first-order valence-corrected chi connectivity index (χ1v) is 4.06. The average molecular weight is 266 g/mol. The summed E-state index contributed by atoms with van der Waals surface area (Å²) in [6.07, 6.45) is 0. The minimum Gasteiger partial charge on any atom is -0.203 e. The molecule has 1 aromatic rings. The zero-order chi connectivity index (χ0) is 8.27. The van der Waals surface area contributed by atoms with Crippen LogP contribution >= 0.6 is 22.6 Å². The summed E-state index contributed by atoms with van der Waals surface area (Å²) < 4.78 is 24.2. The van der Waals surface area contributed by atoms with Gasteiger partial charge in [-0.1, -0.05) is 30.3 Å². The Morgan fingerprint density at radius 3 is 2.09 bits per heavy atom. The third-order valence-corrected chi connectivity index (χ3v) is 1.67. The van der Waals surface area contributed by atoms with Gasteiger partial charge in [-0.3, -0.25) is 0 Å². The molecule has 0 radical (unpaired) electrons. The largest absolute Gasteiger partial charge is 0.203 e. The fraction of sp³-hybridized carbons (Fsp3) is 0. The molecule has 1 rings (SSSR count). The number of benzene rings is 1. The van der Waals surface area contributed by atoms with Crippen molar-refractivity contribution in [3.05, 3.63) is 39.7 Å². The van der Waals surface area contributed by atoms with E-state index in [9.17, 15) is 8.78 Å². The van der Waals surface area contributed by atoms with Gasteiger partial charge in [0.1, 0.15) is 0 Å². The Hall–Kier alpha value is -0.450. The molecule has 0 nitrogen and oxygen atoms in total. The van der Waals surface area contributed by atoms with Crippen molar-refractivity contribution in [1.82, 2.24) is 0 Å². The Balaban J connectivity index is 3.04. The highest BCUT2D eigenvalue weighted by molar-refractivity contribution is 14.1. The first-order chi connectivity index (χ1) is 5.22. The molecule has 0 saturated carbocycles. The van der Waals surface area contributed by atoms with E-state index in [1.165, 1.54) is 34.7 Å². The van der Waals surface area contributed by atoms with Crippen LogP contribution in [-0.4, -0.2) is 0 Å². The SMILES string of the molecule is F/C(I)=C(\F)c1ccccc1. The maximum absolute atomic E-state index is 12.8. The van der Waals surface area contributed by atoms with Crippen molar-refractivity contribution in [2.75, 3.05) is 0 Å². The van der Waals surface area contributed by atoms with Crippen LogP contribution < -0.4 is 0 Å². The maximum Gasteiger partial charge on any atom is 0.196 e. The summed E-state index contributed by atoms with van der Waals surface area (Å²) in [4.78, 5) is 0. The fourth-order valence-electron chi connectivity index (χ4n) is 0.694. The van der Waals surface area contributed by atoms with Crippen molar-refractivity contribution in [3.8, 4) is 0 Å². The summed E-state index contributed by atoms with van der Waals surface area (Å²) in [7, 11) is 0. The summed E-state index contributed by atoms with van der Waals surface area (Å²) in [6, 6.07) is 8.12. The van der Waals surface area contributed by atoms with Crippen LogP contribution in [0.1, 0.15) is 5.56 Å². The van der Waals surface area contributed by atoms with E-state index in [0.717, 1.165) is 0 Å². The molecule has 0 aliphatic heterocycles. The first kappa shape index (κ1) is 8.64. The van der Waals surface area contributed by atoms with Gasteiger partial charge in [0.2, 0.25) is 0 Å². The van der Waals surface area contributed by atoms with Gasteiger partial charge >= 0.3 is 0 Å². The topological polar surface area (TPSA) is 0 Å². The van der Waals surface area contributed by atoms with Crippen LogP contribution in [0.3, 0.4) is 0 Å². The molecule has 0 saturated heterocycles. The molecular formula is C8H5F2I. The van der Waals surface area contributed by atoms with Crippen LogP contribution in [-0.2, 0) is 0 Å². The maximum atomic E-state index is 12.8. The van der Waals surface area contributed by atoms with E-state index in [-0.39, 0.29) is 5.56 Å². The quantitative estimate of drug-likeness (QED) is 0.680. The number of rotatable bonds is 1. The third-order valence-electron chi connectivity index (χ3n) is 1.19. The van der Waals surface area contributed by atoms with Crippen molar-refractivity contribution >= 4 is 28.4 Å². The van der Waals surface area contributed by atoms with E-state index in [1.807, 2.05) is 0 Å². The van der Waals surface area contributed by atoms with Gasteiger partial charge in [0.25, 0.3) is 0 Å². The molecular weight excluding hydrogens is 261 g/mol. The molecule has 0 aromatic heterocycles. The average Bonchev–Trinajstić information content (AvgIpc) is 2.05. The van der Waals surface area contributed by atoms with Gasteiger partial charge in [0.05, 0.1) is 0 Å². The van der Waals surface area contributed by atoms with E-state index in [0.29, 0.717) is 0 Å². The second kappa shape index (κ2) is 3.80. The predicted octanol–water partition coefficient (Wildman–Crippen LogP) is 3.69. The summed E-state index contributed by atoms with van der Waals surface area (Å²) in [5.41, 5.74) is 0.277. The van der Waals surface area contributed by atoms with Gasteiger partial charge in [-0.05, 0) is 22.6 Å². The van der Waals surface area contributed by atoms with Crippen molar-refractivity contribution in [2.24, 2.45) is 0 Å². The molecule has 0 aliphatic rings. The lowest BCUT2D eigenvalue weighted by atomic mass is 10.2. The molecule has 58 valence electrons. The van der Waals surface area contributed by atoms with Gasteiger partial charge < -0.3 is 0 Å². The number of halogens is 3. The van der Waals surface area contributed by atoms with Crippen LogP contribution in [0.15, 0.2) is 34.2 Å². The second-order valence-electron chi connectivity index (χ2n) is 1.94. The molecule has 11 heavy (non-hydrogen) atoms. The van der Waals surface area contributed by atoms with Crippen molar-refractivity contribution in [2.45, 2.75) is 0 Å². The second-order valence-corrected chi connectivity index (χ2v) is 2.89. The Labute approximate surface area is 77.1 Å². The molecule has 0 unspecified atom stereocenters. The van der Waals surface area contributed by atoms with Crippen LogP contribution in [0.25, 0.3) is 5.83 Å². The van der Waals surface area contributed by atoms with E-state index in [4.69, 9.17) is 0 Å². The predicted molar refractivity (Wildman–Crippen MR) is 49.6 cm³/mol. The third kappa shape index (κ3) is 2.25. The van der Waals surface area contributed by atoms with Crippen LogP contribution in [0.2, 0.25) is 0 Å². The smallest absolute Gasteiger partial charge is 0.196 e. The molecule has 0 fully saturated rings. The van der Waals surface area contributed by atoms with Crippen molar-refractivity contribution in [3.63, 3.8) is 0 Å². The number of hydrogen-bond acceptors (Lipinski definition) is 0. The lowest BCUT2D eigenvalue weighted by molar-refractivity contribution is 0.664. The highest BCUT2D eigenvalue weighted by Gasteiger charge is 2.03. The molecule has 0 aliphatic carbocycles. The molecule has 1 aromatic carbocycles. The Bertz CT molecular complexity index is 263. The standard InChI is InChI=1S/C8H5F2I/c9-7(8(10)11)6-4-2-1-3-5-6/h1-5H/b8-7+. The zero-order valence-corrected chi connectivity index (χ0v) is 7.68. The summed E-state index contributed by atoms with van der Waals surface area (Å²) >= 11 is 1.31. The summed E-state index contributed by atoms with van der Waals surface area (Å²) in [6.45, 7) is 0. The van der Waals surface area contributed by atoms with E-state index < -0.39 is 9.66 Å². The Morgan fingerprint density at radius 2 is 1.64 bits per heavy atom. The molecule has 0 heterocycles. The fourth-order valence-corrected chi connectivity index (χ4v) is 1.00. The molecule has 0 spiro atoms. The highest BCUT2D eigenvalue weighted by atomic mass is 127. The van der Waals surface area contributed by atoms with Crippen LogP contribution in [0, 0.1) is 0 Å². The van der Waals surface area contributed by atoms with Gasteiger partial charge in [0, 0.05) is 5.56 Å². The minimum absolute atomic E-state index is 0.277. The van der Waals surface area contributed by atoms with E-state index >= 15 is 0 Å². The van der Waals surface area contributed by atoms with Gasteiger partial charge in [0.15, 0.2) is 9.66 Å². The Morgan fingerprint density at radius 1 is 1.09 bits per heavy atom.